The largest absolute Gasteiger partial charge is 0.308 e. The zero-order valence-corrected chi connectivity index (χ0v) is 27.5. The van der Waals surface area contributed by atoms with Gasteiger partial charge in [-0.3, -0.25) is 0 Å². The molecule has 0 aliphatic carbocycles. The fraction of sp³-hybridized carbons (Fsp3) is 0. The van der Waals surface area contributed by atoms with Crippen molar-refractivity contribution in [3.05, 3.63) is 140 Å². The van der Waals surface area contributed by atoms with Gasteiger partial charge in [-0.1, -0.05) is 84.9 Å². The lowest BCUT2D eigenvalue weighted by Crippen LogP contribution is -1.97. The van der Waals surface area contributed by atoms with Crippen LogP contribution in [0, 0.1) is 0 Å². The summed E-state index contributed by atoms with van der Waals surface area (Å²) in [7, 11) is 0. The molecule has 0 bridgehead atoms. The number of nitrogens with zero attached hydrogens (tertiary/aromatic N) is 5. The van der Waals surface area contributed by atoms with Gasteiger partial charge in [0.1, 0.15) is 6.33 Å². The van der Waals surface area contributed by atoms with Crippen molar-refractivity contribution in [3.63, 3.8) is 0 Å². The minimum atomic E-state index is 0.712. The molecule has 5 nitrogen and oxygen atoms in total. The van der Waals surface area contributed by atoms with Gasteiger partial charge in [-0.05, 0) is 42.5 Å². The first kappa shape index (κ1) is 27.0. The fourth-order valence-corrected chi connectivity index (χ4v) is 9.90. The molecule has 0 fully saturated rings. The predicted molar refractivity (Wildman–Crippen MR) is 206 cm³/mol. The highest BCUT2D eigenvalue weighted by Gasteiger charge is 2.25. The molecule has 0 unspecified atom stereocenters. The second-order valence-electron chi connectivity index (χ2n) is 12.2. The molecule has 7 heteroatoms. The first-order chi connectivity index (χ1) is 24.3. The molecule has 0 aliphatic rings. The van der Waals surface area contributed by atoms with Crippen LogP contribution < -0.4 is 0 Å². The van der Waals surface area contributed by atoms with Crippen LogP contribution in [-0.2, 0) is 0 Å². The Morgan fingerprint density at radius 2 is 1.27 bits per heavy atom. The van der Waals surface area contributed by atoms with Gasteiger partial charge in [0.15, 0.2) is 5.82 Å². The molecular formula is C42H23N5S2. The van der Waals surface area contributed by atoms with Gasteiger partial charge >= 0.3 is 0 Å². The van der Waals surface area contributed by atoms with Crippen LogP contribution in [0.15, 0.2) is 140 Å². The number of benzene rings is 6. The van der Waals surface area contributed by atoms with Crippen LogP contribution in [0.25, 0.3) is 102 Å². The lowest BCUT2D eigenvalue weighted by molar-refractivity contribution is 1.18. The van der Waals surface area contributed by atoms with Crippen LogP contribution in [0.1, 0.15) is 0 Å². The van der Waals surface area contributed by atoms with E-state index >= 15 is 0 Å². The van der Waals surface area contributed by atoms with Gasteiger partial charge < -0.3 is 4.57 Å². The summed E-state index contributed by atoms with van der Waals surface area (Å²) in [5.41, 5.74) is 8.41. The molecule has 0 atom stereocenters. The van der Waals surface area contributed by atoms with E-state index in [1.807, 2.05) is 35.7 Å². The first-order valence-electron chi connectivity index (χ1n) is 16.1. The molecular weight excluding hydrogens is 639 g/mol. The number of fused-ring (bicyclic) bond motifs is 13. The topological polar surface area (TPSA) is 56.5 Å². The molecule has 5 aromatic heterocycles. The summed E-state index contributed by atoms with van der Waals surface area (Å²) < 4.78 is 7.33. The summed E-state index contributed by atoms with van der Waals surface area (Å²) in [6, 6.07) is 44.9. The zero-order chi connectivity index (χ0) is 32.1. The van der Waals surface area contributed by atoms with Gasteiger partial charge in [-0.2, -0.15) is 0 Å². The van der Waals surface area contributed by atoms with Crippen molar-refractivity contribution in [2.75, 3.05) is 0 Å². The van der Waals surface area contributed by atoms with E-state index in [2.05, 4.69) is 119 Å². The minimum Gasteiger partial charge on any atom is -0.308 e. The van der Waals surface area contributed by atoms with Crippen LogP contribution in [-0.4, -0.2) is 24.5 Å². The first-order valence-corrected chi connectivity index (χ1v) is 17.8. The second kappa shape index (κ2) is 10.2. The summed E-state index contributed by atoms with van der Waals surface area (Å²) in [6.07, 6.45) is 3.62. The maximum Gasteiger partial charge on any atom is 0.160 e. The molecule has 228 valence electrons. The monoisotopic (exact) mass is 661 g/mol. The molecule has 0 radical (unpaired) electrons. The molecule has 0 saturated carbocycles. The lowest BCUT2D eigenvalue weighted by atomic mass is 10.0. The van der Waals surface area contributed by atoms with Gasteiger partial charge in [0.2, 0.25) is 0 Å². The molecule has 0 aliphatic heterocycles. The van der Waals surface area contributed by atoms with Crippen molar-refractivity contribution < 1.29 is 0 Å². The fourth-order valence-electron chi connectivity index (χ4n) is 7.45. The van der Waals surface area contributed by atoms with Crippen molar-refractivity contribution in [1.82, 2.24) is 24.5 Å². The third kappa shape index (κ3) is 3.85. The molecule has 0 N–H and O–H groups in total. The third-order valence-electron chi connectivity index (χ3n) is 9.55. The Bertz CT molecular complexity index is 3100. The Balaban J connectivity index is 1.20. The van der Waals surface area contributed by atoms with E-state index in [1.165, 1.54) is 52.1 Å². The minimum absolute atomic E-state index is 0.712. The highest BCUT2D eigenvalue weighted by molar-refractivity contribution is 7.29. The predicted octanol–water partition coefficient (Wildman–Crippen LogP) is 11.6. The van der Waals surface area contributed by atoms with Crippen LogP contribution in [0.2, 0.25) is 0 Å². The molecule has 11 aromatic rings. The van der Waals surface area contributed by atoms with Crippen molar-refractivity contribution in [2.45, 2.75) is 0 Å². The molecule has 6 aromatic carbocycles. The van der Waals surface area contributed by atoms with E-state index < -0.39 is 0 Å². The summed E-state index contributed by atoms with van der Waals surface area (Å²) in [4.78, 5) is 19.4. The average molecular weight is 662 g/mol. The summed E-state index contributed by atoms with van der Waals surface area (Å²) in [6.45, 7) is 0. The normalized spacial score (nSPS) is 12.1. The average Bonchev–Trinajstić information content (AvgIpc) is 3.85. The Labute approximate surface area is 287 Å². The Hall–Kier alpha value is -6.02. The molecule has 0 amide bonds. The van der Waals surface area contributed by atoms with Crippen molar-refractivity contribution in [1.29, 1.82) is 0 Å². The molecule has 0 spiro atoms. The Morgan fingerprint density at radius 1 is 0.531 bits per heavy atom. The Morgan fingerprint density at radius 3 is 2.14 bits per heavy atom. The molecule has 11 rings (SSSR count). The van der Waals surface area contributed by atoms with Crippen LogP contribution in [0.4, 0.5) is 0 Å². The highest BCUT2D eigenvalue weighted by Crippen LogP contribution is 2.51. The number of hydrogen-bond acceptors (Lipinski definition) is 6. The number of aromatic nitrogens is 5. The summed E-state index contributed by atoms with van der Waals surface area (Å²) in [5, 5.41) is 7.35. The molecule has 0 saturated heterocycles. The molecule has 5 heterocycles. The maximum absolute atomic E-state index is 5.13. The molecule has 49 heavy (non-hydrogen) atoms. The summed E-state index contributed by atoms with van der Waals surface area (Å²) in [5.74, 6) is 0.712. The van der Waals surface area contributed by atoms with Crippen molar-refractivity contribution >= 4 is 95.9 Å². The van der Waals surface area contributed by atoms with Crippen LogP contribution in [0.5, 0.6) is 0 Å². The van der Waals surface area contributed by atoms with E-state index in [4.69, 9.17) is 15.0 Å². The quantitative estimate of drug-likeness (QED) is 0.189. The maximum atomic E-state index is 5.13. The van der Waals surface area contributed by atoms with E-state index in [0.717, 1.165) is 43.6 Å². The SMILES string of the molecule is c1ccc(-c2nc(-c3ccc(-n4c5ccccc5c5c6sc7ccccc7c6c6c7ncncc7sc6c54)cc3)nc3ccccc23)cc1. The van der Waals surface area contributed by atoms with Gasteiger partial charge in [-0.15, -0.1) is 22.7 Å². The van der Waals surface area contributed by atoms with Crippen molar-refractivity contribution in [2.24, 2.45) is 0 Å². The number of rotatable bonds is 3. The second-order valence-corrected chi connectivity index (χ2v) is 14.4. The van der Waals surface area contributed by atoms with Gasteiger partial charge in [-0.25, -0.2) is 19.9 Å². The lowest BCUT2D eigenvalue weighted by Gasteiger charge is -2.12. The Kier molecular flexibility index (Phi) is 5.64. The number of para-hydroxylation sites is 2. The van der Waals surface area contributed by atoms with E-state index in [9.17, 15) is 0 Å². The standard InChI is InChI=1S/C42H23N5S2/c1-2-10-24(11-3-1)37-27-12-4-7-15-30(27)45-42(46-37)25-18-20-26(21-19-25)47-31-16-8-5-13-28(31)35-39(47)41-36(38-33(49-41)22-43-23-44-38)34-29-14-6-9-17-32(29)48-40(34)35/h1-23H. The van der Waals surface area contributed by atoms with E-state index in [0.29, 0.717) is 5.82 Å². The van der Waals surface area contributed by atoms with E-state index in [-0.39, 0.29) is 0 Å². The highest BCUT2D eigenvalue weighted by atomic mass is 32.1. The van der Waals surface area contributed by atoms with Gasteiger partial charge in [0.25, 0.3) is 0 Å². The smallest absolute Gasteiger partial charge is 0.160 e. The van der Waals surface area contributed by atoms with Gasteiger partial charge in [0.05, 0.1) is 37.2 Å². The number of thiophene rings is 2. The van der Waals surface area contributed by atoms with E-state index in [1.54, 1.807) is 17.7 Å². The van der Waals surface area contributed by atoms with Gasteiger partial charge in [0, 0.05) is 64.7 Å². The van der Waals surface area contributed by atoms with Crippen LogP contribution in [0.3, 0.4) is 0 Å². The number of hydrogen-bond donors (Lipinski definition) is 0. The van der Waals surface area contributed by atoms with Crippen LogP contribution >= 0.6 is 22.7 Å². The van der Waals surface area contributed by atoms with Crippen molar-refractivity contribution in [3.8, 4) is 28.3 Å². The zero-order valence-electron chi connectivity index (χ0n) is 25.8. The summed E-state index contributed by atoms with van der Waals surface area (Å²) >= 11 is 3.65. The third-order valence-corrected chi connectivity index (χ3v) is 11.9.